The van der Waals surface area contributed by atoms with E-state index in [-0.39, 0.29) is 110 Å². The van der Waals surface area contributed by atoms with Gasteiger partial charge < -0.3 is 77.6 Å². The molecule has 566 valence electrons. The first-order chi connectivity index (χ1) is 49.9. The summed E-state index contributed by atoms with van der Waals surface area (Å²) in [5, 5.41) is 22.3. The summed E-state index contributed by atoms with van der Waals surface area (Å²) >= 11 is 0. The molecule has 4 N–H and O–H groups in total. The van der Waals surface area contributed by atoms with E-state index < -0.39 is 41.2 Å². The third kappa shape index (κ3) is 24.7. The molecule has 4 aromatic rings. The molecule has 1 saturated carbocycles. The monoisotopic (exact) mass is 1440 g/mol. The van der Waals surface area contributed by atoms with Crippen molar-refractivity contribution in [2.75, 3.05) is 139 Å². The number of aromatic nitrogens is 5. The smallest absolute Gasteiger partial charge is 0.508 e. The third-order valence-corrected chi connectivity index (χ3v) is 18.6. The van der Waals surface area contributed by atoms with Crippen molar-refractivity contribution in [2.24, 2.45) is 29.4 Å². The van der Waals surface area contributed by atoms with Gasteiger partial charge in [-0.05, 0) is 106 Å². The number of phenolic OH excluding ortho intramolecular Hbond substituents is 1. The number of nitrogens with zero attached hydrogens (tertiary/aromatic N) is 6. The van der Waals surface area contributed by atoms with Crippen molar-refractivity contribution < 1.29 is 100 Å². The fourth-order valence-corrected chi connectivity index (χ4v) is 12.7. The average Bonchev–Trinajstić information content (AvgIpc) is 1.62. The molecule has 1 aliphatic carbocycles. The maximum Gasteiger partial charge on any atom is 0.509 e. The van der Waals surface area contributed by atoms with Crippen molar-refractivity contribution >= 4 is 58.1 Å². The van der Waals surface area contributed by atoms with Crippen molar-refractivity contribution in [3.63, 3.8) is 0 Å². The van der Waals surface area contributed by atoms with Crippen LogP contribution in [0.3, 0.4) is 0 Å². The Morgan fingerprint density at radius 3 is 1.96 bits per heavy atom. The number of hydrogen-bond acceptors (Lipinski definition) is 26. The van der Waals surface area contributed by atoms with Gasteiger partial charge in [-0.15, -0.1) is 5.10 Å². The second-order valence-corrected chi connectivity index (χ2v) is 26.5. The second kappa shape index (κ2) is 42.2. The Labute approximate surface area is 599 Å². The minimum Gasteiger partial charge on any atom is -0.508 e. The molecule has 8 rings (SSSR count). The standard InChI is InChI=1S/C73H102N8O22/c1-5-57-58-40-54(82)16-17-62(58)75-68-59(57)44-80-64(68)41-61-60(70(80)89)47-101-71(90)73(61,4)103-72(91)102-48-63(49(2)3)76-69(88)52(9-6-7-21-74)39-56(84)46-100-45-55(83)10-8-23-92-25-27-94-29-31-96-33-35-98-37-38-99-36-34-97-32-30-95-28-26-93-24-22-79-43-53(77-78-79)15-18-65(85)51-13-11-50(12-14-51)42-81-66(86)19-20-67(81)87/h16-17,19-20,40-41,43,49-52,63,82H,5-15,18,21-39,42,44-48,74H2,1-4H3,(H,76,88). The Bertz CT molecular complexity index is 3550. The molecule has 0 bridgehead atoms. The number of aromatic hydroxyl groups is 1. The summed E-state index contributed by atoms with van der Waals surface area (Å²) in [7, 11) is 0. The molecule has 1 fully saturated rings. The Balaban J connectivity index is 0.576. The minimum atomic E-state index is -2.09. The molecule has 0 spiro atoms. The number of aryl methyl sites for hydroxylation is 2. The Kier molecular flexibility index (Phi) is 33.2. The van der Waals surface area contributed by atoms with E-state index in [4.69, 9.17) is 67.6 Å². The van der Waals surface area contributed by atoms with Crippen LogP contribution in [-0.2, 0) is 129 Å². The van der Waals surface area contributed by atoms with Crippen LogP contribution >= 0.6 is 0 Å². The fourth-order valence-electron chi connectivity index (χ4n) is 12.7. The number of ether oxygens (including phenoxy) is 12. The predicted octanol–water partition coefficient (Wildman–Crippen LogP) is 4.99. The van der Waals surface area contributed by atoms with E-state index in [1.54, 1.807) is 27.4 Å². The van der Waals surface area contributed by atoms with Gasteiger partial charge in [-0.2, -0.15) is 0 Å². The van der Waals surface area contributed by atoms with Crippen LogP contribution in [0.2, 0.25) is 0 Å². The summed E-state index contributed by atoms with van der Waals surface area (Å²) in [4.78, 5) is 124. The van der Waals surface area contributed by atoms with Gasteiger partial charge in [0.2, 0.25) is 11.5 Å². The number of ketones is 3. The number of carbonyl (C=O) groups is 8. The molecule has 6 heterocycles. The number of fused-ring (bicyclic) bond motifs is 5. The first-order valence-electron chi connectivity index (χ1n) is 36.0. The number of nitrogens with two attached hydrogens (primary N) is 1. The number of phenols is 1. The number of amides is 3. The van der Waals surface area contributed by atoms with Crippen LogP contribution in [0.5, 0.6) is 5.75 Å². The van der Waals surface area contributed by atoms with Crippen molar-refractivity contribution in [3.05, 3.63) is 80.9 Å². The fraction of sp³-hybridized carbons (Fsp3) is 0.644. The lowest BCUT2D eigenvalue weighted by Crippen LogP contribution is -2.47. The van der Waals surface area contributed by atoms with Gasteiger partial charge in [0.1, 0.15) is 38.0 Å². The molecular formula is C73H102N8O22. The van der Waals surface area contributed by atoms with E-state index in [0.29, 0.717) is 187 Å². The van der Waals surface area contributed by atoms with Gasteiger partial charge in [-0.3, -0.25) is 38.5 Å². The SMILES string of the molecule is CCc1c2c(nc3ccc(O)cc13)-c1cc3c(c(=O)n1C2)COC(=O)C3(C)OC(=O)OCC(NC(=O)C(CCCCN)CC(=O)COCC(=O)CCCOCCOCCOCCOCCOCCOCCOCCOCCn1cc(CCC(=O)C2CCC(CN3C(=O)C=CC3=O)CC2)nn1)C(C)C. The van der Waals surface area contributed by atoms with Crippen LogP contribution in [0.25, 0.3) is 22.3 Å². The van der Waals surface area contributed by atoms with Crippen LogP contribution in [0.1, 0.15) is 126 Å². The van der Waals surface area contributed by atoms with E-state index in [1.807, 2.05) is 27.0 Å². The lowest BCUT2D eigenvalue weighted by atomic mass is 9.79. The van der Waals surface area contributed by atoms with Gasteiger partial charge in [0.05, 0.1) is 146 Å². The topological polar surface area (TPSA) is 374 Å². The molecular weight excluding hydrogens is 1340 g/mol. The molecule has 0 radical (unpaired) electrons. The number of rotatable bonds is 51. The lowest BCUT2D eigenvalue weighted by molar-refractivity contribution is -0.172. The van der Waals surface area contributed by atoms with Crippen molar-refractivity contribution in [3.8, 4) is 17.1 Å². The van der Waals surface area contributed by atoms with Gasteiger partial charge in [0.15, 0.2) is 11.6 Å². The predicted molar refractivity (Wildman–Crippen MR) is 370 cm³/mol. The molecule has 0 saturated heterocycles. The highest BCUT2D eigenvalue weighted by Gasteiger charge is 2.49. The number of hydrogen-bond donors (Lipinski definition) is 3. The molecule has 30 nitrogen and oxygen atoms in total. The highest BCUT2D eigenvalue weighted by Crippen LogP contribution is 2.41. The van der Waals surface area contributed by atoms with Gasteiger partial charge in [-0.1, -0.05) is 32.4 Å². The summed E-state index contributed by atoms with van der Waals surface area (Å²) in [5.41, 5.74) is 7.54. The van der Waals surface area contributed by atoms with Gasteiger partial charge in [-0.25, -0.2) is 19.3 Å². The first-order valence-corrected chi connectivity index (χ1v) is 36.0. The highest BCUT2D eigenvalue weighted by atomic mass is 16.7. The zero-order valence-electron chi connectivity index (χ0n) is 59.9. The summed E-state index contributed by atoms with van der Waals surface area (Å²) in [5.74, 6) is -2.96. The molecule has 3 unspecified atom stereocenters. The van der Waals surface area contributed by atoms with E-state index in [2.05, 4.69) is 15.6 Å². The zero-order chi connectivity index (χ0) is 73.5. The Morgan fingerprint density at radius 2 is 1.35 bits per heavy atom. The summed E-state index contributed by atoms with van der Waals surface area (Å²) in [6.45, 7) is 13.5. The number of esters is 1. The number of imide groups is 1. The number of benzene rings is 1. The minimum absolute atomic E-state index is 0.00299. The van der Waals surface area contributed by atoms with Gasteiger partial charge in [0.25, 0.3) is 17.4 Å². The number of carbonyl (C=O) groups excluding carboxylic acids is 8. The highest BCUT2D eigenvalue weighted by molar-refractivity contribution is 6.12. The first kappa shape index (κ1) is 80.9. The molecule has 30 heteroatoms. The maximum atomic E-state index is 14.1. The summed E-state index contributed by atoms with van der Waals surface area (Å²) in [6.07, 6.45) is 9.91. The number of unbranched alkanes of at least 4 members (excludes halogenated alkanes) is 1. The van der Waals surface area contributed by atoms with Gasteiger partial charge >= 0.3 is 12.1 Å². The molecule has 3 aromatic heterocycles. The quantitative estimate of drug-likeness (QED) is 0.0262. The van der Waals surface area contributed by atoms with E-state index in [0.717, 1.165) is 47.9 Å². The molecule has 3 atom stereocenters. The molecule has 3 aliphatic heterocycles. The van der Waals surface area contributed by atoms with E-state index >= 15 is 0 Å². The zero-order valence-corrected chi connectivity index (χ0v) is 59.9. The molecule has 1 aromatic carbocycles. The van der Waals surface area contributed by atoms with Crippen molar-refractivity contribution in [1.29, 1.82) is 0 Å². The molecule has 4 aliphatic rings. The van der Waals surface area contributed by atoms with Gasteiger partial charge in [0, 0.05) is 85.5 Å². The van der Waals surface area contributed by atoms with Crippen LogP contribution < -0.4 is 16.6 Å². The Morgan fingerprint density at radius 1 is 0.738 bits per heavy atom. The Hall–Kier alpha value is -7.78. The van der Waals surface area contributed by atoms with Crippen molar-refractivity contribution in [2.45, 2.75) is 143 Å². The number of cyclic esters (lactones) is 1. The number of Topliss-reactive ketones (excluding diaryl/α,β-unsaturated/α-hetero) is 3. The maximum absolute atomic E-state index is 14.1. The summed E-state index contributed by atoms with van der Waals surface area (Å²) < 4.78 is 70.0. The normalized spacial score (nSPS) is 17.5. The van der Waals surface area contributed by atoms with Crippen LogP contribution in [-0.4, -0.2) is 226 Å². The summed E-state index contributed by atoms with van der Waals surface area (Å²) in [6, 6.07) is 5.75. The van der Waals surface area contributed by atoms with E-state index in [9.17, 15) is 48.3 Å². The van der Waals surface area contributed by atoms with E-state index in [1.165, 1.54) is 30.0 Å². The lowest BCUT2D eigenvalue weighted by Gasteiger charge is -2.33. The van der Waals surface area contributed by atoms with Crippen LogP contribution in [0, 0.1) is 23.7 Å². The molecule has 103 heavy (non-hydrogen) atoms. The van der Waals surface area contributed by atoms with Crippen molar-refractivity contribution in [1.82, 2.24) is 34.8 Å². The average molecular weight is 1440 g/mol. The number of pyridine rings is 2. The number of nitrogens with one attached hydrogen (secondary N) is 1. The van der Waals surface area contributed by atoms with Crippen LogP contribution in [0.4, 0.5) is 4.79 Å². The van der Waals surface area contributed by atoms with Crippen LogP contribution in [0.15, 0.2) is 47.4 Å². The third-order valence-electron chi connectivity index (χ3n) is 18.6. The second-order valence-electron chi connectivity index (χ2n) is 26.5. The largest absolute Gasteiger partial charge is 0.509 e. The molecule has 3 amide bonds.